The zero-order valence-corrected chi connectivity index (χ0v) is 18.7. The third-order valence-corrected chi connectivity index (χ3v) is 6.39. The van der Waals surface area contributed by atoms with Crippen LogP contribution < -0.4 is 9.47 Å². The van der Waals surface area contributed by atoms with E-state index in [4.69, 9.17) is 28.1 Å². The molecule has 142 valence electrons. The van der Waals surface area contributed by atoms with Gasteiger partial charge in [0.2, 0.25) is 0 Å². The molecule has 0 fully saturated rings. The summed E-state index contributed by atoms with van der Waals surface area (Å²) in [6, 6.07) is 24.6. The van der Waals surface area contributed by atoms with Gasteiger partial charge in [0.25, 0.3) is 0 Å². The van der Waals surface area contributed by atoms with Crippen LogP contribution in [0.3, 0.4) is 0 Å². The Kier molecular flexibility index (Phi) is 9.10. The van der Waals surface area contributed by atoms with Crippen molar-refractivity contribution in [3.05, 3.63) is 72.8 Å². The normalized spacial score (nSPS) is 9.67. The Hall–Kier alpha value is -1.58. The van der Waals surface area contributed by atoms with E-state index >= 15 is 0 Å². The molecule has 0 aliphatic rings. The van der Waals surface area contributed by atoms with Gasteiger partial charge in [-0.15, -0.1) is 45.8 Å². The van der Waals surface area contributed by atoms with Crippen LogP contribution in [0.4, 0.5) is 0 Å². The van der Waals surface area contributed by atoms with E-state index in [0.717, 1.165) is 11.5 Å². The van der Waals surface area contributed by atoms with E-state index in [2.05, 4.69) is 36.4 Å². The summed E-state index contributed by atoms with van der Waals surface area (Å²) in [6.45, 7) is 1.88. The van der Waals surface area contributed by atoms with E-state index in [9.17, 15) is 0 Å². The average Bonchev–Trinajstić information content (AvgIpc) is 3.36. The summed E-state index contributed by atoms with van der Waals surface area (Å²) in [5, 5.41) is 5.02. The summed E-state index contributed by atoms with van der Waals surface area (Å²) in [5.74, 6) is 1.84. The fourth-order valence-corrected chi connectivity index (χ4v) is 2.46. The van der Waals surface area contributed by atoms with Crippen LogP contribution in [0.15, 0.2) is 72.8 Å². The molecule has 2 nitrogen and oxygen atoms in total. The Morgan fingerprint density at radius 1 is 0.778 bits per heavy atom. The number of fused-ring (bicyclic) bond motifs is 2. The Labute approximate surface area is 174 Å². The molecule has 0 amide bonds. The number of rotatable bonds is 2. The maximum absolute atomic E-state index is 5.34. The average molecular weight is 437 g/mol. The molecule has 0 aliphatic carbocycles. The van der Waals surface area contributed by atoms with Crippen LogP contribution >= 0.6 is 18.6 Å². The van der Waals surface area contributed by atoms with Crippen LogP contribution in [0.25, 0.3) is 21.5 Å². The molecule has 27 heavy (non-hydrogen) atoms. The first-order valence-corrected chi connectivity index (χ1v) is 13.6. The van der Waals surface area contributed by atoms with Crippen LogP contribution in [0.2, 0.25) is 0 Å². The summed E-state index contributed by atoms with van der Waals surface area (Å²) >= 11 is -1.54. The molecule has 4 rings (SSSR count). The van der Waals surface area contributed by atoms with E-state index in [0.29, 0.717) is 0 Å². The van der Waals surface area contributed by atoms with E-state index in [1.54, 1.807) is 14.2 Å². The first-order valence-electron chi connectivity index (χ1n) is 8.43. The van der Waals surface area contributed by atoms with E-state index in [-0.39, 0.29) is 0 Å². The van der Waals surface area contributed by atoms with Gasteiger partial charge in [0.1, 0.15) is 0 Å². The fourth-order valence-electron chi connectivity index (χ4n) is 2.46. The van der Waals surface area contributed by atoms with Gasteiger partial charge in [0.15, 0.2) is 0 Å². The van der Waals surface area contributed by atoms with Gasteiger partial charge in [-0.1, -0.05) is 24.3 Å². The van der Waals surface area contributed by atoms with Crippen molar-refractivity contribution in [2.75, 3.05) is 14.2 Å². The van der Waals surface area contributed by atoms with Gasteiger partial charge in [-0.25, -0.2) is 0 Å². The predicted octanol–water partition coefficient (Wildman–Crippen LogP) is 6.87. The summed E-state index contributed by atoms with van der Waals surface area (Å²) < 4.78 is 12.0. The van der Waals surface area contributed by atoms with Crippen molar-refractivity contribution in [3.63, 3.8) is 0 Å². The molecule has 0 heterocycles. The molecular formula is C22H22Cl2O2Ti-2. The third-order valence-electron chi connectivity index (χ3n) is 3.91. The number of halogens is 2. The van der Waals surface area contributed by atoms with Crippen LogP contribution in [0, 0.1) is 0 Å². The standard InChI is InChI=1S/2C10H9O.C2H4.2ClH.Ti/c2*1-11-10-6-5-8-3-2-4-9(8)7-10;1-2;;;/h2*2-7H,1H3;1H,2H3;2*1H;/q2*-1;;;;+2/p-2. The first-order chi connectivity index (χ1) is 13.1. The van der Waals surface area contributed by atoms with Crippen molar-refractivity contribution in [1.82, 2.24) is 0 Å². The van der Waals surface area contributed by atoms with Gasteiger partial charge in [0.05, 0.1) is 25.7 Å². The van der Waals surface area contributed by atoms with E-state index < -0.39 is 15.3 Å². The molecule has 5 heteroatoms. The topological polar surface area (TPSA) is 18.5 Å². The van der Waals surface area contributed by atoms with Crippen molar-refractivity contribution in [1.29, 1.82) is 0 Å². The van der Waals surface area contributed by atoms with Gasteiger partial charge < -0.3 is 9.47 Å². The minimum atomic E-state index is -1.54. The zero-order valence-electron chi connectivity index (χ0n) is 15.6. The van der Waals surface area contributed by atoms with Crippen LogP contribution in [0.5, 0.6) is 11.5 Å². The third kappa shape index (κ3) is 6.82. The first kappa shape index (κ1) is 21.7. The Morgan fingerprint density at radius 2 is 1.19 bits per heavy atom. The quantitative estimate of drug-likeness (QED) is 0.252. The molecule has 0 aliphatic heterocycles. The molecular weight excluding hydrogens is 415 g/mol. The van der Waals surface area contributed by atoms with Gasteiger partial charge in [-0.05, 0) is 0 Å². The summed E-state index contributed by atoms with van der Waals surface area (Å²) in [5.41, 5.74) is 0. The predicted molar refractivity (Wildman–Crippen MR) is 116 cm³/mol. The van der Waals surface area contributed by atoms with Crippen LogP contribution in [-0.2, 0) is 15.3 Å². The monoisotopic (exact) mass is 436 g/mol. The van der Waals surface area contributed by atoms with Crippen molar-refractivity contribution in [2.24, 2.45) is 0 Å². The summed E-state index contributed by atoms with van der Waals surface area (Å²) in [6.07, 6.45) is 0. The molecule has 0 radical (unpaired) electrons. The van der Waals surface area contributed by atoms with Crippen molar-refractivity contribution in [3.8, 4) is 11.5 Å². The van der Waals surface area contributed by atoms with E-state index in [1.165, 1.54) is 21.5 Å². The van der Waals surface area contributed by atoms with E-state index in [1.807, 2.05) is 47.6 Å². The number of hydrogen-bond acceptors (Lipinski definition) is 2. The Morgan fingerprint density at radius 3 is 1.52 bits per heavy atom. The fraction of sp³-hybridized carbons (Fsp3) is 0.136. The Balaban J connectivity index is 0.000000157. The molecule has 0 saturated carbocycles. The second-order valence-electron chi connectivity index (χ2n) is 5.62. The molecule has 4 aromatic carbocycles. The summed E-state index contributed by atoms with van der Waals surface area (Å²) in [7, 11) is 14.0. The second kappa shape index (κ2) is 11.3. The molecule has 0 aromatic heterocycles. The molecule has 0 unspecified atom stereocenters. The molecule has 0 atom stereocenters. The maximum atomic E-state index is 5.34. The van der Waals surface area contributed by atoms with Crippen LogP contribution in [-0.4, -0.2) is 18.5 Å². The SMILES string of the molecule is COc1ccc2[cH-]ccc2c1.COc1ccc2[cH-]ccc2c1.C[CH]=[Ti]([Cl])[Cl]. The van der Waals surface area contributed by atoms with Gasteiger partial charge in [-0.3, -0.25) is 0 Å². The summed E-state index contributed by atoms with van der Waals surface area (Å²) in [4.78, 5) is 0. The molecule has 0 N–H and O–H groups in total. The van der Waals surface area contributed by atoms with Gasteiger partial charge in [0, 0.05) is 0 Å². The molecule has 0 bridgehead atoms. The van der Waals surface area contributed by atoms with Crippen molar-refractivity contribution < 1.29 is 24.8 Å². The molecule has 0 saturated heterocycles. The molecule has 0 spiro atoms. The zero-order chi connectivity index (χ0) is 19.6. The van der Waals surface area contributed by atoms with Gasteiger partial charge >= 0.3 is 45.1 Å². The Bertz CT molecular complexity index is 924. The number of hydrogen-bond donors (Lipinski definition) is 0. The minimum absolute atomic E-state index is 0.920. The van der Waals surface area contributed by atoms with Gasteiger partial charge in [-0.2, -0.15) is 24.3 Å². The number of methoxy groups -OCH3 is 2. The van der Waals surface area contributed by atoms with Crippen molar-refractivity contribution in [2.45, 2.75) is 6.92 Å². The number of benzene rings is 2. The van der Waals surface area contributed by atoms with Crippen LogP contribution in [0.1, 0.15) is 6.92 Å². The molecule has 4 aromatic rings. The van der Waals surface area contributed by atoms with Crippen molar-refractivity contribution >= 4 is 44.5 Å². The second-order valence-corrected chi connectivity index (χ2v) is 11.6. The number of ether oxygens (including phenoxy) is 2.